The lowest BCUT2D eigenvalue weighted by Gasteiger charge is -2.39. The Morgan fingerprint density at radius 3 is 0.984 bits per heavy atom. The highest BCUT2D eigenvalue weighted by Crippen LogP contribution is 2.45. The highest BCUT2D eigenvalue weighted by molar-refractivity contribution is 6.26. The molecule has 0 radical (unpaired) electrons. The molecule has 6 atom stereocenters. The van der Waals surface area contributed by atoms with Crippen molar-refractivity contribution in [3.63, 3.8) is 0 Å². The molecule has 125 heavy (non-hydrogen) atoms. The molecule has 15 rings (SSSR count). The number of carbonyl (C=O) groups excluding carboxylic acids is 7. The van der Waals surface area contributed by atoms with Crippen LogP contribution in [0.3, 0.4) is 0 Å². The second kappa shape index (κ2) is 40.5. The van der Waals surface area contributed by atoms with Gasteiger partial charge in [0.1, 0.15) is 5.60 Å². The number of fused-ring (bicyclic) bond motifs is 3. The number of benzene rings is 9. The molecule has 26 heteroatoms. The van der Waals surface area contributed by atoms with Gasteiger partial charge in [0.05, 0.1) is 111 Å². The number of ether oxygens (including phenoxy) is 7. The summed E-state index contributed by atoms with van der Waals surface area (Å²) in [5.74, 6) is 1.48. The average molecular weight is 1700 g/mol. The maximum absolute atomic E-state index is 14.3. The number of rotatable bonds is 28. The molecule has 0 spiro atoms. The van der Waals surface area contributed by atoms with Crippen molar-refractivity contribution in [1.82, 2.24) is 39.6 Å². The average Bonchev–Trinajstić information content (AvgIpc) is 1.61. The number of likely N-dealkylation sites (N-methyl/N-ethyl adjacent to an activating group) is 1. The van der Waals surface area contributed by atoms with Crippen molar-refractivity contribution in [3.05, 3.63) is 267 Å². The maximum atomic E-state index is 14.3. The molecule has 26 nitrogen and oxygen atoms in total. The summed E-state index contributed by atoms with van der Waals surface area (Å²) in [7, 11) is 13.3. The van der Waals surface area contributed by atoms with Crippen LogP contribution in [0.15, 0.2) is 200 Å². The third kappa shape index (κ3) is 19.8. The lowest BCUT2D eigenvalue weighted by atomic mass is 9.99. The van der Waals surface area contributed by atoms with E-state index < -0.39 is 29.8 Å². The van der Waals surface area contributed by atoms with E-state index in [4.69, 9.17) is 38.9 Å². The highest BCUT2D eigenvalue weighted by atomic mass is 16.6. The Kier molecular flexibility index (Phi) is 29.3. The maximum Gasteiger partial charge on any atom is 0.407 e. The Morgan fingerprint density at radius 2 is 0.680 bits per heavy atom. The monoisotopic (exact) mass is 1700 g/mol. The zero-order chi connectivity index (χ0) is 88.9. The van der Waals surface area contributed by atoms with Crippen LogP contribution in [0, 0.1) is 0 Å². The van der Waals surface area contributed by atoms with Gasteiger partial charge in [-0.25, -0.2) is 4.79 Å². The van der Waals surface area contributed by atoms with Gasteiger partial charge in [-0.2, -0.15) is 0 Å². The molecule has 3 N–H and O–H groups in total. The Balaban J connectivity index is 0.000000162. The van der Waals surface area contributed by atoms with Gasteiger partial charge < -0.3 is 63.8 Å². The third-order valence-corrected chi connectivity index (χ3v) is 24.6. The lowest BCUT2D eigenvalue weighted by molar-refractivity contribution is 0.0509. The van der Waals surface area contributed by atoms with Crippen LogP contribution in [-0.4, -0.2) is 236 Å². The summed E-state index contributed by atoms with van der Waals surface area (Å²) >= 11 is 0. The molecule has 6 aliphatic rings. The topological polar surface area (TPSA) is 255 Å². The van der Waals surface area contributed by atoms with E-state index in [1.165, 1.54) is 31.4 Å². The first kappa shape index (κ1) is 90.4. The molecule has 6 heterocycles. The van der Waals surface area contributed by atoms with Gasteiger partial charge in [-0.1, -0.05) is 127 Å². The van der Waals surface area contributed by atoms with E-state index in [2.05, 4.69) is 128 Å². The predicted molar refractivity (Wildman–Crippen MR) is 485 cm³/mol. The summed E-state index contributed by atoms with van der Waals surface area (Å²) in [6.07, 6.45) is 0.408. The summed E-state index contributed by atoms with van der Waals surface area (Å²) in [5, 5.41) is 2.79. The van der Waals surface area contributed by atoms with Gasteiger partial charge in [0.2, 0.25) is 0 Å². The molecule has 3 fully saturated rings. The predicted octanol–water partition coefficient (Wildman–Crippen LogP) is 14.6. The molecule has 0 aliphatic carbocycles. The molecule has 9 aromatic rings. The summed E-state index contributed by atoms with van der Waals surface area (Å²) in [6.45, 7) is 22.7. The number of imide groups is 3. The van der Waals surface area contributed by atoms with Crippen LogP contribution < -0.4 is 54.2 Å². The molecule has 658 valence electrons. The van der Waals surface area contributed by atoms with Gasteiger partial charge in [0.25, 0.3) is 35.4 Å². The number of nitrogens with zero attached hydrogens (tertiary/aromatic N) is 10. The Labute approximate surface area is 734 Å². The van der Waals surface area contributed by atoms with Gasteiger partial charge >= 0.3 is 6.09 Å². The smallest absolute Gasteiger partial charge is 0.407 e. The Hall–Kier alpha value is -12.3. The number of amides is 7. The number of nitrogens with two attached hydrogens (primary N) is 1. The van der Waals surface area contributed by atoms with Crippen LogP contribution in [0.2, 0.25) is 0 Å². The van der Waals surface area contributed by atoms with E-state index in [1.54, 1.807) is 99.8 Å². The zero-order valence-corrected chi connectivity index (χ0v) is 74.3. The first-order valence-corrected chi connectivity index (χ1v) is 43.0. The van der Waals surface area contributed by atoms with E-state index in [1.807, 2.05) is 110 Å². The largest absolute Gasteiger partial charge is 0.493 e. The molecule has 0 bridgehead atoms. The number of piperazine rings is 3. The Morgan fingerprint density at radius 1 is 0.376 bits per heavy atom. The van der Waals surface area contributed by atoms with Crippen LogP contribution >= 0.6 is 0 Å². The first-order chi connectivity index (χ1) is 60.3. The van der Waals surface area contributed by atoms with Crippen molar-refractivity contribution >= 4 is 58.6 Å². The zero-order valence-electron chi connectivity index (χ0n) is 74.3. The fraction of sp³-hybridized carbons (Fsp3) is 0.384. The summed E-state index contributed by atoms with van der Waals surface area (Å²) in [4.78, 5) is 116. The minimum absolute atomic E-state index is 0.0896. The Bertz CT molecular complexity index is 5300. The molecule has 7 amide bonds. The van der Waals surface area contributed by atoms with Gasteiger partial charge in [-0.15, -0.1) is 0 Å². The highest BCUT2D eigenvalue weighted by Gasteiger charge is 2.47. The minimum atomic E-state index is -0.626. The number of carbonyl (C=O) groups is 7. The molecule has 3 saturated heterocycles. The molecule has 0 aromatic heterocycles. The van der Waals surface area contributed by atoms with Crippen LogP contribution in [0.25, 0.3) is 0 Å². The van der Waals surface area contributed by atoms with Crippen LogP contribution in [0.4, 0.5) is 21.9 Å². The second-order valence-electron chi connectivity index (χ2n) is 33.3. The molecule has 0 saturated carbocycles. The van der Waals surface area contributed by atoms with E-state index in [0.29, 0.717) is 111 Å². The summed E-state index contributed by atoms with van der Waals surface area (Å²) in [6, 6.07) is 63.8. The molecule has 9 aromatic carbocycles. The minimum Gasteiger partial charge on any atom is -0.493 e. The van der Waals surface area contributed by atoms with Gasteiger partial charge in [-0.05, 0) is 175 Å². The lowest BCUT2D eigenvalue weighted by Crippen LogP contribution is -2.47. The van der Waals surface area contributed by atoms with Crippen LogP contribution in [-0.2, 0) is 4.74 Å². The molecular weight excluding hydrogens is 1580 g/mol. The van der Waals surface area contributed by atoms with Crippen molar-refractivity contribution in [2.75, 3.05) is 170 Å². The first-order valence-electron chi connectivity index (χ1n) is 43.0. The fourth-order valence-electron chi connectivity index (χ4n) is 17.9. The second-order valence-corrected chi connectivity index (χ2v) is 33.3. The van der Waals surface area contributed by atoms with Crippen molar-refractivity contribution in [3.8, 4) is 34.5 Å². The fourth-order valence-corrected chi connectivity index (χ4v) is 17.9. The molecule has 6 aliphatic heterocycles. The molecule has 3 unspecified atom stereocenters. The van der Waals surface area contributed by atoms with Crippen molar-refractivity contribution < 1.29 is 66.7 Å². The number of methoxy groups -OCH3 is 6. The van der Waals surface area contributed by atoms with Crippen molar-refractivity contribution in [2.24, 2.45) is 5.73 Å². The number of anilines is 3. The number of nitrogens with one attached hydrogen (secondary N) is 1. The molecular formula is C99H118N12O14. The van der Waals surface area contributed by atoms with E-state index in [9.17, 15) is 33.6 Å². The quantitative estimate of drug-likeness (QED) is 0.0341. The van der Waals surface area contributed by atoms with E-state index >= 15 is 0 Å². The van der Waals surface area contributed by atoms with E-state index in [0.717, 1.165) is 107 Å². The van der Waals surface area contributed by atoms with Gasteiger partial charge in [0.15, 0.2) is 34.5 Å². The van der Waals surface area contributed by atoms with Crippen molar-refractivity contribution in [1.29, 1.82) is 0 Å². The van der Waals surface area contributed by atoms with Crippen molar-refractivity contribution in [2.45, 2.75) is 96.2 Å². The third-order valence-electron chi connectivity index (χ3n) is 24.6. The van der Waals surface area contributed by atoms with E-state index in [-0.39, 0.29) is 48.0 Å². The summed E-state index contributed by atoms with van der Waals surface area (Å²) < 4.78 is 38.1. The van der Waals surface area contributed by atoms with Gasteiger partial charge in [-0.3, -0.25) is 58.2 Å². The standard InChI is InChI=1S/C37H46N4O6.C32H38N4O4.C30H34N4O4/c1-25(26-12-8-7-9-13-26)39-20-22-40(23-21-39)30-15-10-14-28-33(30)35(43)41(34(28)42)29(16-11-19-38-36(44)47-37(2,3)4)27-17-18-31(45-5)32(24-27)46-6;1-22(23-10-7-6-8-11-23)34-16-18-35(19-17-34)26-13-9-12-25-30(26)32(38)36(31(25)37)27(21-33(2)3)24-14-15-28(39-4)29(20-24)40-5;1-20(21-8-5-4-6-9-21)32-14-16-33(17-15-32)24-11-7-10-23-28(24)30(36)34(29(23)35)25(19-31)22-12-13-26(37-2)27(18-22)38-3/h7-10,12-15,17-18,24-25,29H,11,16,19-23H2,1-6H3,(H,38,44);6-15,20,22,27H,16-19,21H2,1-5H3;4-13,18,20,25H,14-17,19,31H2,1-3H3/t25-,29?;22-,27?;20-,25?/m111/s1. The summed E-state index contributed by atoms with van der Waals surface area (Å²) in [5.41, 5.74) is 16.8. The van der Waals surface area contributed by atoms with Crippen LogP contribution in [0.5, 0.6) is 34.5 Å². The SMILES string of the molecule is COc1ccc(C(CCCNC(=O)OC(C)(C)C)N2C(=O)c3cccc(N4CCN([C@H](C)c5ccccc5)CC4)c3C2=O)cc1OC.COc1ccc(C(CN(C)C)N2C(=O)c3cccc(N4CCN([C@H](C)c5ccccc5)CC4)c3C2=O)cc1OC.COc1ccc(C(CN)N2C(=O)c3cccc(N4CCN([C@H](C)c5ccccc5)CC4)c3C2=O)cc1OC. The number of alkyl carbamates (subject to hydrolysis) is 1. The number of hydrogen-bond donors (Lipinski definition) is 2. The van der Waals surface area contributed by atoms with Gasteiger partial charge in [0, 0.05) is 116 Å². The van der Waals surface area contributed by atoms with Crippen LogP contribution in [0.1, 0.15) is 186 Å². The normalized spacial score (nSPS) is 17.0. The number of hydrogen-bond acceptors (Lipinski definition) is 22.